The molecule has 0 aliphatic rings. The third-order valence-electron chi connectivity index (χ3n) is 2.25. The van der Waals surface area contributed by atoms with Crippen LogP contribution in [0.15, 0.2) is 18.2 Å². The van der Waals surface area contributed by atoms with Crippen LogP contribution in [0.25, 0.3) is 0 Å². The van der Waals surface area contributed by atoms with E-state index in [-0.39, 0.29) is 5.56 Å². The molecule has 92 valence electrons. The molecule has 7 heteroatoms. The van der Waals surface area contributed by atoms with Gasteiger partial charge in [0, 0.05) is 17.5 Å². The normalized spacial score (nSPS) is 13.2. The number of carbonyl (C=O) groups is 1. The molecular formula is C10H8F3NO3. The third kappa shape index (κ3) is 2.80. The highest BCUT2D eigenvalue weighted by Crippen LogP contribution is 2.34. The van der Waals surface area contributed by atoms with Crippen molar-refractivity contribution >= 4 is 12.0 Å². The Morgan fingerprint density at radius 3 is 2.41 bits per heavy atom. The lowest BCUT2D eigenvalue weighted by molar-refractivity contribution is -0.385. The molecule has 1 atom stereocenters. The van der Waals surface area contributed by atoms with Gasteiger partial charge < -0.3 is 4.79 Å². The van der Waals surface area contributed by atoms with Gasteiger partial charge in [0.05, 0.1) is 10.5 Å². The first kappa shape index (κ1) is 13.1. The maximum Gasteiger partial charge on any atom is 0.416 e. The van der Waals surface area contributed by atoms with Gasteiger partial charge in [0.25, 0.3) is 5.69 Å². The van der Waals surface area contributed by atoms with Crippen LogP contribution in [0.4, 0.5) is 18.9 Å². The van der Waals surface area contributed by atoms with Crippen LogP contribution in [0.5, 0.6) is 0 Å². The van der Waals surface area contributed by atoms with Crippen molar-refractivity contribution in [2.75, 3.05) is 0 Å². The summed E-state index contributed by atoms with van der Waals surface area (Å²) >= 11 is 0. The lowest BCUT2D eigenvalue weighted by Gasteiger charge is -2.10. The standard InChI is InChI=1S/C10H8F3NO3/c1-6(5-15)8-3-2-7(10(11,12)13)4-9(8)14(16)17/h2-6H,1H3. The quantitative estimate of drug-likeness (QED) is 0.468. The summed E-state index contributed by atoms with van der Waals surface area (Å²) in [4.78, 5) is 20.2. The third-order valence-corrected chi connectivity index (χ3v) is 2.25. The van der Waals surface area contributed by atoms with E-state index in [0.717, 1.165) is 12.1 Å². The molecule has 1 rings (SSSR count). The number of hydrogen-bond acceptors (Lipinski definition) is 3. The Bertz CT molecular complexity index is 457. The van der Waals surface area contributed by atoms with E-state index in [0.29, 0.717) is 12.4 Å². The summed E-state index contributed by atoms with van der Waals surface area (Å²) in [6.07, 6.45) is -4.21. The SMILES string of the molecule is CC(C=O)c1ccc(C(F)(F)F)cc1[N+](=O)[O-]. The molecule has 4 nitrogen and oxygen atoms in total. The lowest BCUT2D eigenvalue weighted by atomic mass is 9.99. The number of halogens is 3. The van der Waals surface area contributed by atoms with Crippen LogP contribution in [-0.2, 0) is 11.0 Å². The molecule has 17 heavy (non-hydrogen) atoms. The Morgan fingerprint density at radius 1 is 1.41 bits per heavy atom. The second kappa shape index (κ2) is 4.52. The average molecular weight is 247 g/mol. The van der Waals surface area contributed by atoms with Gasteiger partial charge in [-0.1, -0.05) is 13.0 Å². The van der Waals surface area contributed by atoms with Gasteiger partial charge in [0.1, 0.15) is 6.29 Å². The van der Waals surface area contributed by atoms with Crippen molar-refractivity contribution in [2.24, 2.45) is 0 Å². The molecule has 1 aromatic carbocycles. The van der Waals surface area contributed by atoms with Gasteiger partial charge in [0.15, 0.2) is 0 Å². The van der Waals surface area contributed by atoms with Gasteiger partial charge in [-0.05, 0) is 6.07 Å². The van der Waals surface area contributed by atoms with Gasteiger partial charge in [-0.3, -0.25) is 10.1 Å². The molecule has 0 heterocycles. The molecule has 0 aliphatic heterocycles. The molecule has 0 N–H and O–H groups in total. The fourth-order valence-electron chi connectivity index (χ4n) is 1.34. The molecule has 0 saturated heterocycles. The van der Waals surface area contributed by atoms with Gasteiger partial charge in [0.2, 0.25) is 0 Å². The minimum Gasteiger partial charge on any atom is -0.303 e. The molecule has 1 unspecified atom stereocenters. The van der Waals surface area contributed by atoms with Gasteiger partial charge >= 0.3 is 6.18 Å². The highest BCUT2D eigenvalue weighted by atomic mass is 19.4. The Morgan fingerprint density at radius 2 is 2.00 bits per heavy atom. The summed E-state index contributed by atoms with van der Waals surface area (Å²) in [5.74, 6) is -0.822. The molecule has 0 fully saturated rings. The van der Waals surface area contributed by atoms with Crippen molar-refractivity contribution < 1.29 is 22.9 Å². The summed E-state index contributed by atoms with van der Waals surface area (Å²) in [7, 11) is 0. The Hall–Kier alpha value is -1.92. The zero-order valence-electron chi connectivity index (χ0n) is 8.69. The van der Waals surface area contributed by atoms with Crippen LogP contribution in [0.3, 0.4) is 0 Å². The Balaban J connectivity index is 3.37. The summed E-state index contributed by atoms with van der Waals surface area (Å²) in [5, 5.41) is 10.6. The molecule has 0 amide bonds. The number of nitrogens with zero attached hydrogens (tertiary/aromatic N) is 1. The summed E-state index contributed by atoms with van der Waals surface area (Å²) < 4.78 is 37.1. The van der Waals surface area contributed by atoms with Gasteiger partial charge in [-0.15, -0.1) is 0 Å². The zero-order chi connectivity index (χ0) is 13.2. The van der Waals surface area contributed by atoms with Crippen LogP contribution < -0.4 is 0 Å². The number of carbonyl (C=O) groups excluding carboxylic acids is 1. The lowest BCUT2D eigenvalue weighted by Crippen LogP contribution is -2.08. The topological polar surface area (TPSA) is 60.2 Å². The van der Waals surface area contributed by atoms with Crippen LogP contribution in [-0.4, -0.2) is 11.2 Å². The van der Waals surface area contributed by atoms with Crippen LogP contribution in [0.2, 0.25) is 0 Å². The van der Waals surface area contributed by atoms with Crippen molar-refractivity contribution in [3.63, 3.8) is 0 Å². The second-order valence-electron chi connectivity index (χ2n) is 3.45. The first-order valence-corrected chi connectivity index (χ1v) is 4.58. The van der Waals surface area contributed by atoms with Crippen LogP contribution in [0, 0.1) is 10.1 Å². The average Bonchev–Trinajstić information content (AvgIpc) is 2.25. The number of nitro groups is 1. The molecule has 0 saturated carbocycles. The largest absolute Gasteiger partial charge is 0.416 e. The number of alkyl halides is 3. The maximum absolute atomic E-state index is 12.4. The minimum atomic E-state index is -4.65. The van der Waals surface area contributed by atoms with E-state index in [1.54, 1.807) is 0 Å². The van der Waals surface area contributed by atoms with E-state index in [1.807, 2.05) is 0 Å². The Kier molecular flexibility index (Phi) is 3.50. The maximum atomic E-state index is 12.4. The van der Waals surface area contributed by atoms with E-state index in [2.05, 4.69) is 0 Å². The summed E-state index contributed by atoms with van der Waals surface area (Å²) in [6, 6.07) is 2.12. The summed E-state index contributed by atoms with van der Waals surface area (Å²) in [5.41, 5.74) is -1.83. The van der Waals surface area contributed by atoms with Crippen molar-refractivity contribution in [1.29, 1.82) is 0 Å². The van der Waals surface area contributed by atoms with Crippen molar-refractivity contribution in [2.45, 2.75) is 19.0 Å². The van der Waals surface area contributed by atoms with E-state index in [1.165, 1.54) is 6.92 Å². The second-order valence-corrected chi connectivity index (χ2v) is 3.45. The number of hydrogen-bond donors (Lipinski definition) is 0. The monoisotopic (exact) mass is 247 g/mol. The zero-order valence-corrected chi connectivity index (χ0v) is 8.69. The van der Waals surface area contributed by atoms with Crippen molar-refractivity contribution in [3.05, 3.63) is 39.4 Å². The Labute approximate surface area is 94.2 Å². The first-order valence-electron chi connectivity index (χ1n) is 4.58. The van der Waals surface area contributed by atoms with Gasteiger partial charge in [-0.2, -0.15) is 13.2 Å². The van der Waals surface area contributed by atoms with Crippen LogP contribution in [0.1, 0.15) is 24.0 Å². The van der Waals surface area contributed by atoms with Crippen molar-refractivity contribution in [1.82, 2.24) is 0 Å². The minimum absolute atomic E-state index is 0.0296. The molecule has 0 aromatic heterocycles. The molecule has 0 radical (unpaired) electrons. The fourth-order valence-corrected chi connectivity index (χ4v) is 1.34. The van der Waals surface area contributed by atoms with E-state index in [4.69, 9.17) is 0 Å². The van der Waals surface area contributed by atoms with E-state index < -0.39 is 28.3 Å². The molecule has 0 bridgehead atoms. The first-order chi connectivity index (χ1) is 7.77. The van der Waals surface area contributed by atoms with Crippen molar-refractivity contribution in [3.8, 4) is 0 Å². The molecule has 0 spiro atoms. The molecular weight excluding hydrogens is 239 g/mol. The smallest absolute Gasteiger partial charge is 0.303 e. The highest BCUT2D eigenvalue weighted by molar-refractivity contribution is 5.65. The number of aldehydes is 1. The fraction of sp³-hybridized carbons (Fsp3) is 0.300. The highest BCUT2D eigenvalue weighted by Gasteiger charge is 2.33. The van der Waals surface area contributed by atoms with Crippen LogP contribution >= 0.6 is 0 Å². The number of rotatable bonds is 3. The predicted octanol–water partition coefficient (Wildman–Crippen LogP) is 2.92. The number of benzene rings is 1. The van der Waals surface area contributed by atoms with Gasteiger partial charge in [-0.25, -0.2) is 0 Å². The van der Waals surface area contributed by atoms with E-state index in [9.17, 15) is 28.1 Å². The summed E-state index contributed by atoms with van der Waals surface area (Å²) in [6.45, 7) is 1.38. The molecule has 0 aliphatic carbocycles. The number of nitro benzene ring substituents is 1. The predicted molar refractivity (Wildman–Crippen MR) is 52.6 cm³/mol. The van der Waals surface area contributed by atoms with E-state index >= 15 is 0 Å². The molecule has 1 aromatic rings.